The Morgan fingerprint density at radius 3 is 2.83 bits per heavy atom. The summed E-state index contributed by atoms with van der Waals surface area (Å²) in [6.45, 7) is 6.32. The second-order valence-electron chi connectivity index (χ2n) is 2.42. The maximum atomic E-state index is 5.24. The summed E-state index contributed by atoms with van der Waals surface area (Å²) in [5.74, 6) is 0. The standard InChI is InChI=1S/C8H13BrN2O/c1-3-11-5-7(6-12-4-2)10-8(11)9/h5H,3-4,6H2,1-2H3. The first-order valence-corrected chi connectivity index (χ1v) is 4.86. The minimum atomic E-state index is 0.599. The first-order valence-electron chi connectivity index (χ1n) is 4.07. The summed E-state index contributed by atoms with van der Waals surface area (Å²) < 4.78 is 8.15. The molecule has 0 spiro atoms. The Bertz CT molecular complexity index is 247. The SMILES string of the molecule is CCOCc1cn(CC)c(Br)n1. The Hall–Kier alpha value is -0.350. The summed E-state index contributed by atoms with van der Waals surface area (Å²) in [5, 5.41) is 0. The van der Waals surface area contributed by atoms with Gasteiger partial charge in [-0.3, -0.25) is 0 Å². The van der Waals surface area contributed by atoms with Gasteiger partial charge in [0, 0.05) is 19.3 Å². The number of hydrogen-bond donors (Lipinski definition) is 0. The third kappa shape index (κ3) is 2.32. The van der Waals surface area contributed by atoms with E-state index in [9.17, 15) is 0 Å². The number of halogens is 1. The number of ether oxygens (including phenoxy) is 1. The monoisotopic (exact) mass is 232 g/mol. The zero-order chi connectivity index (χ0) is 8.97. The molecule has 0 N–H and O–H groups in total. The molecule has 12 heavy (non-hydrogen) atoms. The molecular weight excluding hydrogens is 220 g/mol. The normalized spacial score (nSPS) is 10.6. The Morgan fingerprint density at radius 2 is 2.33 bits per heavy atom. The van der Waals surface area contributed by atoms with Gasteiger partial charge in [0.25, 0.3) is 0 Å². The van der Waals surface area contributed by atoms with Crippen LogP contribution in [-0.4, -0.2) is 16.2 Å². The molecule has 1 aromatic heterocycles. The van der Waals surface area contributed by atoms with Gasteiger partial charge >= 0.3 is 0 Å². The lowest BCUT2D eigenvalue weighted by atomic mass is 10.5. The third-order valence-corrected chi connectivity index (χ3v) is 2.21. The Balaban J connectivity index is 2.62. The van der Waals surface area contributed by atoms with Gasteiger partial charge in [0.1, 0.15) is 0 Å². The molecule has 0 saturated heterocycles. The van der Waals surface area contributed by atoms with Crippen molar-refractivity contribution in [2.45, 2.75) is 27.0 Å². The van der Waals surface area contributed by atoms with Gasteiger partial charge in [0.15, 0.2) is 4.73 Å². The van der Waals surface area contributed by atoms with Gasteiger partial charge < -0.3 is 9.30 Å². The fourth-order valence-corrected chi connectivity index (χ4v) is 1.52. The van der Waals surface area contributed by atoms with Gasteiger partial charge in [0.2, 0.25) is 0 Å². The first-order chi connectivity index (χ1) is 5.77. The number of aryl methyl sites for hydroxylation is 1. The molecule has 0 atom stereocenters. The van der Waals surface area contributed by atoms with Crippen LogP contribution in [0.2, 0.25) is 0 Å². The second kappa shape index (κ2) is 4.62. The largest absolute Gasteiger partial charge is 0.375 e. The maximum absolute atomic E-state index is 5.24. The molecule has 1 aromatic rings. The molecule has 0 amide bonds. The lowest BCUT2D eigenvalue weighted by Crippen LogP contribution is -1.92. The molecule has 1 heterocycles. The van der Waals surface area contributed by atoms with E-state index in [0.717, 1.165) is 23.6 Å². The van der Waals surface area contributed by atoms with E-state index in [2.05, 4.69) is 27.8 Å². The van der Waals surface area contributed by atoms with Gasteiger partial charge in [0.05, 0.1) is 12.3 Å². The highest BCUT2D eigenvalue weighted by Crippen LogP contribution is 2.10. The summed E-state index contributed by atoms with van der Waals surface area (Å²) in [4.78, 5) is 4.27. The molecular formula is C8H13BrN2O. The van der Waals surface area contributed by atoms with Crippen molar-refractivity contribution in [1.29, 1.82) is 0 Å². The van der Waals surface area contributed by atoms with Crippen molar-refractivity contribution < 1.29 is 4.74 Å². The molecule has 68 valence electrons. The van der Waals surface area contributed by atoms with Gasteiger partial charge in [-0.25, -0.2) is 4.98 Å². The molecule has 0 aliphatic carbocycles. The van der Waals surface area contributed by atoms with Crippen molar-refractivity contribution in [2.75, 3.05) is 6.61 Å². The van der Waals surface area contributed by atoms with E-state index in [0.29, 0.717) is 6.61 Å². The smallest absolute Gasteiger partial charge is 0.177 e. The summed E-state index contributed by atoms with van der Waals surface area (Å²) in [7, 11) is 0. The lowest BCUT2D eigenvalue weighted by molar-refractivity contribution is 0.131. The molecule has 0 aromatic carbocycles. The molecule has 0 aliphatic heterocycles. The minimum absolute atomic E-state index is 0.599. The molecule has 0 unspecified atom stereocenters. The van der Waals surface area contributed by atoms with Crippen LogP contribution in [0.15, 0.2) is 10.9 Å². The van der Waals surface area contributed by atoms with Crippen LogP contribution in [0.4, 0.5) is 0 Å². The van der Waals surface area contributed by atoms with E-state index in [1.165, 1.54) is 0 Å². The summed E-state index contributed by atoms with van der Waals surface area (Å²) in [5.41, 5.74) is 0.977. The van der Waals surface area contributed by atoms with Crippen LogP contribution in [0.25, 0.3) is 0 Å². The average molecular weight is 233 g/mol. The molecule has 0 fully saturated rings. The fraction of sp³-hybridized carbons (Fsp3) is 0.625. The van der Waals surface area contributed by atoms with Crippen LogP contribution in [0.5, 0.6) is 0 Å². The number of imidazole rings is 1. The van der Waals surface area contributed by atoms with Crippen molar-refractivity contribution >= 4 is 15.9 Å². The molecule has 0 aliphatic rings. The van der Waals surface area contributed by atoms with Crippen LogP contribution in [0.3, 0.4) is 0 Å². The van der Waals surface area contributed by atoms with Crippen LogP contribution < -0.4 is 0 Å². The Morgan fingerprint density at radius 1 is 1.58 bits per heavy atom. The van der Waals surface area contributed by atoms with Gasteiger partial charge in [-0.15, -0.1) is 0 Å². The van der Waals surface area contributed by atoms with E-state index < -0.39 is 0 Å². The Labute approximate surface area is 80.9 Å². The van der Waals surface area contributed by atoms with Gasteiger partial charge in [-0.05, 0) is 29.8 Å². The highest BCUT2D eigenvalue weighted by atomic mass is 79.9. The number of hydrogen-bond acceptors (Lipinski definition) is 2. The fourth-order valence-electron chi connectivity index (χ4n) is 0.943. The topological polar surface area (TPSA) is 27.1 Å². The van der Waals surface area contributed by atoms with Crippen molar-refractivity contribution in [3.05, 3.63) is 16.6 Å². The van der Waals surface area contributed by atoms with Crippen LogP contribution in [0, 0.1) is 0 Å². The molecule has 1 rings (SSSR count). The zero-order valence-corrected chi connectivity index (χ0v) is 8.97. The molecule has 4 heteroatoms. The van der Waals surface area contributed by atoms with E-state index in [1.807, 2.05) is 17.7 Å². The van der Waals surface area contributed by atoms with Crippen molar-refractivity contribution in [3.8, 4) is 0 Å². The summed E-state index contributed by atoms with van der Waals surface area (Å²) >= 11 is 3.37. The zero-order valence-electron chi connectivity index (χ0n) is 7.38. The molecule has 0 radical (unpaired) electrons. The van der Waals surface area contributed by atoms with Crippen molar-refractivity contribution in [2.24, 2.45) is 0 Å². The van der Waals surface area contributed by atoms with Crippen LogP contribution >= 0.6 is 15.9 Å². The highest BCUT2D eigenvalue weighted by molar-refractivity contribution is 9.10. The molecule has 0 saturated carbocycles. The predicted molar refractivity (Wildman–Crippen MR) is 50.9 cm³/mol. The average Bonchev–Trinajstić information content (AvgIpc) is 2.43. The van der Waals surface area contributed by atoms with Crippen LogP contribution in [-0.2, 0) is 17.9 Å². The molecule has 0 bridgehead atoms. The number of nitrogens with zero attached hydrogens (tertiary/aromatic N) is 2. The van der Waals surface area contributed by atoms with E-state index in [-0.39, 0.29) is 0 Å². The van der Waals surface area contributed by atoms with Gasteiger partial charge in [-0.2, -0.15) is 0 Å². The minimum Gasteiger partial charge on any atom is -0.375 e. The predicted octanol–water partition coefficient (Wildman–Crippen LogP) is 2.20. The second-order valence-corrected chi connectivity index (χ2v) is 3.13. The van der Waals surface area contributed by atoms with E-state index >= 15 is 0 Å². The quantitative estimate of drug-likeness (QED) is 0.797. The third-order valence-electron chi connectivity index (χ3n) is 1.57. The lowest BCUT2D eigenvalue weighted by Gasteiger charge is -1.95. The van der Waals surface area contributed by atoms with E-state index in [1.54, 1.807) is 0 Å². The van der Waals surface area contributed by atoms with Crippen molar-refractivity contribution in [3.63, 3.8) is 0 Å². The number of aromatic nitrogens is 2. The summed E-state index contributed by atoms with van der Waals surface area (Å²) in [6, 6.07) is 0. The maximum Gasteiger partial charge on any atom is 0.177 e. The van der Waals surface area contributed by atoms with Crippen molar-refractivity contribution in [1.82, 2.24) is 9.55 Å². The summed E-state index contributed by atoms with van der Waals surface area (Å²) in [6.07, 6.45) is 2.00. The van der Waals surface area contributed by atoms with E-state index in [4.69, 9.17) is 4.74 Å². The highest BCUT2D eigenvalue weighted by Gasteiger charge is 2.02. The van der Waals surface area contributed by atoms with Gasteiger partial charge in [-0.1, -0.05) is 0 Å². The Kier molecular flexibility index (Phi) is 3.75. The molecule has 3 nitrogen and oxygen atoms in total. The van der Waals surface area contributed by atoms with Crippen LogP contribution in [0.1, 0.15) is 19.5 Å². The number of rotatable bonds is 4. The first kappa shape index (κ1) is 9.74.